The number of rotatable bonds is 2. The van der Waals surface area contributed by atoms with Crippen LogP contribution in [0.1, 0.15) is 0 Å². The van der Waals surface area contributed by atoms with E-state index in [1.54, 1.807) is 0 Å². The lowest BCUT2D eigenvalue weighted by Crippen LogP contribution is -1.35. The topological polar surface area (TPSA) is 0 Å². The van der Waals surface area contributed by atoms with Crippen LogP contribution in [0.4, 0.5) is 0 Å². The van der Waals surface area contributed by atoms with Gasteiger partial charge in [-0.25, -0.2) is 0 Å². The molecule has 0 aliphatic heterocycles. The van der Waals surface area contributed by atoms with Crippen LogP contribution in [-0.4, -0.2) is 18.5 Å². The maximum atomic E-state index is 3.60. The Hall–Kier alpha value is 0.340. The second-order valence-electron chi connectivity index (χ2n) is 0.589. The van der Waals surface area contributed by atoms with Crippen molar-refractivity contribution in [1.82, 2.24) is 0 Å². The molecule has 0 saturated carbocycles. The molecule has 0 aliphatic carbocycles. The Balaban J connectivity index is 2.65. The lowest BCUT2D eigenvalue weighted by Gasteiger charge is -1.63. The van der Waals surface area contributed by atoms with Crippen molar-refractivity contribution in [1.29, 1.82) is 0 Å². The van der Waals surface area contributed by atoms with Crippen molar-refractivity contribution in [3.63, 3.8) is 0 Å². The highest BCUT2D eigenvalue weighted by molar-refractivity contribution is 7.54. The minimum absolute atomic E-state index is 1.11. The molecule has 2 heteroatoms. The quantitative estimate of drug-likeness (QED) is 0.467. The van der Waals surface area contributed by atoms with Gasteiger partial charge in [-0.2, -0.15) is 0 Å². The average Bonchev–Trinajstić information content (AvgIpc) is 1.41. The van der Waals surface area contributed by atoms with E-state index in [1.807, 2.05) is 0 Å². The van der Waals surface area contributed by atoms with Crippen LogP contribution in [0.2, 0.25) is 0 Å². The third-order valence-electron chi connectivity index (χ3n) is 0.200. The minimum Gasteiger partial charge on any atom is -0.103 e. The largest absolute Gasteiger partial charge is 0.103 e. The van der Waals surface area contributed by atoms with Crippen molar-refractivity contribution in [2.75, 3.05) is 5.90 Å². The zero-order valence-electron chi connectivity index (χ0n) is 3.02. The van der Waals surface area contributed by atoms with Crippen LogP contribution in [-0.2, 0) is 0 Å². The van der Waals surface area contributed by atoms with Gasteiger partial charge >= 0.3 is 0 Å². The molecule has 28 valence electrons. The second kappa shape index (κ2) is 4.34. The summed E-state index contributed by atoms with van der Waals surface area (Å²) in [4.78, 5) is 0. The predicted molar refractivity (Wildman–Crippen MR) is 32.9 cm³/mol. The third kappa shape index (κ3) is 4.34. The summed E-state index contributed by atoms with van der Waals surface area (Å²) in [7, 11) is 2.41. The normalized spacial score (nSPS) is 9.60. The Kier molecular flexibility index (Phi) is 4.64. The van der Waals surface area contributed by atoms with Gasteiger partial charge in [0.05, 0.1) is 0 Å². The van der Waals surface area contributed by atoms with Gasteiger partial charge < -0.3 is 0 Å². The van der Waals surface area contributed by atoms with E-state index >= 15 is 0 Å². The van der Waals surface area contributed by atoms with Crippen molar-refractivity contribution >= 4 is 29.0 Å². The van der Waals surface area contributed by atoms with Crippen molar-refractivity contribution in [2.24, 2.45) is 0 Å². The van der Waals surface area contributed by atoms with Gasteiger partial charge in [-0.15, -0.1) is 16.4 Å². The standard InChI is InChI=1S/C3H6P2/c1-4-3-5-2/h1-3H2. The molecule has 0 radical (unpaired) electrons. The summed E-state index contributed by atoms with van der Waals surface area (Å²) in [5, 5.41) is 0. The molecule has 0 spiro atoms. The van der Waals surface area contributed by atoms with Gasteiger partial charge in [0.1, 0.15) is 0 Å². The van der Waals surface area contributed by atoms with E-state index in [-0.39, 0.29) is 0 Å². The first-order chi connectivity index (χ1) is 2.41. The summed E-state index contributed by atoms with van der Waals surface area (Å²) in [6.45, 7) is 0. The summed E-state index contributed by atoms with van der Waals surface area (Å²) < 4.78 is 0. The molecule has 5 heavy (non-hydrogen) atoms. The molecule has 0 saturated heterocycles. The van der Waals surface area contributed by atoms with Gasteiger partial charge in [-0.05, 0) is 0 Å². The average molecular weight is 104 g/mol. The van der Waals surface area contributed by atoms with Crippen molar-refractivity contribution in [2.45, 2.75) is 0 Å². The van der Waals surface area contributed by atoms with Gasteiger partial charge in [0, 0.05) is 5.90 Å². The zero-order valence-corrected chi connectivity index (χ0v) is 4.80. The summed E-state index contributed by atoms with van der Waals surface area (Å²) in [6.07, 6.45) is 7.20. The molecule has 0 bridgehead atoms. The fourth-order valence-electron chi connectivity index (χ4n) is 0.0707. The highest BCUT2D eigenvalue weighted by Crippen LogP contribution is 1.99. The van der Waals surface area contributed by atoms with E-state index in [1.165, 1.54) is 16.4 Å². The lowest BCUT2D eigenvalue weighted by atomic mass is 11.9. The molecule has 0 aromatic rings. The van der Waals surface area contributed by atoms with Gasteiger partial charge in [0.25, 0.3) is 0 Å². The first-order valence-electron chi connectivity index (χ1n) is 1.26. The molecular weight excluding hydrogens is 98.0 g/mol. The van der Waals surface area contributed by atoms with Gasteiger partial charge in [0.2, 0.25) is 0 Å². The van der Waals surface area contributed by atoms with E-state index in [9.17, 15) is 0 Å². The van der Waals surface area contributed by atoms with Gasteiger partial charge in [0.15, 0.2) is 0 Å². The first-order valence-corrected chi connectivity index (χ1v) is 3.79. The number of hydrogen-bond donors (Lipinski definition) is 0. The Labute approximate surface area is 35.8 Å². The fourth-order valence-corrected chi connectivity index (χ4v) is 0.636. The summed E-state index contributed by atoms with van der Waals surface area (Å²) in [6, 6.07) is 0. The maximum absolute atomic E-state index is 3.60. The third-order valence-corrected chi connectivity index (χ3v) is 1.80. The highest BCUT2D eigenvalue weighted by Gasteiger charge is 1.54. The van der Waals surface area contributed by atoms with Crippen LogP contribution in [0.15, 0.2) is 0 Å². The van der Waals surface area contributed by atoms with E-state index in [2.05, 4.69) is 12.6 Å². The molecule has 0 aromatic carbocycles. The Morgan fingerprint density at radius 3 is 1.60 bits per heavy atom. The van der Waals surface area contributed by atoms with Crippen LogP contribution in [0, 0.1) is 0 Å². The Morgan fingerprint density at radius 1 is 1.20 bits per heavy atom. The number of hydrogen-bond acceptors (Lipinski definition) is 0. The molecule has 0 unspecified atom stereocenters. The van der Waals surface area contributed by atoms with E-state index in [0.717, 1.165) is 5.90 Å². The lowest BCUT2D eigenvalue weighted by molar-refractivity contribution is 2.30. The molecule has 0 rings (SSSR count). The van der Waals surface area contributed by atoms with Crippen molar-refractivity contribution in [3.05, 3.63) is 0 Å². The van der Waals surface area contributed by atoms with E-state index in [0.29, 0.717) is 0 Å². The van der Waals surface area contributed by atoms with Crippen LogP contribution in [0.5, 0.6) is 0 Å². The SMILES string of the molecule is C=PCP=C. The molecule has 0 nitrogen and oxygen atoms in total. The smallest absolute Gasteiger partial charge is 0.0304 e. The van der Waals surface area contributed by atoms with Crippen LogP contribution >= 0.6 is 16.4 Å². The Bertz CT molecular complexity index is 34.2. The van der Waals surface area contributed by atoms with Gasteiger partial charge in [-0.1, -0.05) is 12.6 Å². The molecule has 0 aromatic heterocycles. The van der Waals surface area contributed by atoms with Crippen LogP contribution < -0.4 is 0 Å². The highest BCUT2D eigenvalue weighted by atomic mass is 31.1. The molecule has 0 fully saturated rings. The predicted octanol–water partition coefficient (Wildman–Crippen LogP) is 1.70. The van der Waals surface area contributed by atoms with Crippen LogP contribution in [0.3, 0.4) is 0 Å². The maximum Gasteiger partial charge on any atom is 0.0304 e. The van der Waals surface area contributed by atoms with Gasteiger partial charge in [-0.3, -0.25) is 0 Å². The molecule has 0 N–H and O–H groups in total. The zero-order chi connectivity index (χ0) is 4.12. The monoisotopic (exact) mass is 104 g/mol. The van der Waals surface area contributed by atoms with Crippen molar-refractivity contribution in [3.8, 4) is 0 Å². The summed E-state index contributed by atoms with van der Waals surface area (Å²) in [5.41, 5.74) is 0. The van der Waals surface area contributed by atoms with Crippen molar-refractivity contribution < 1.29 is 0 Å². The fraction of sp³-hybridized carbons (Fsp3) is 0.333. The second-order valence-corrected chi connectivity index (χ2v) is 2.61. The minimum atomic E-state index is 1.11. The Morgan fingerprint density at radius 2 is 1.60 bits per heavy atom. The molecule has 0 amide bonds. The molecule has 0 heterocycles. The summed E-state index contributed by atoms with van der Waals surface area (Å²) >= 11 is 0. The molecule has 0 aliphatic rings. The molecular formula is C3H6P2. The van der Waals surface area contributed by atoms with E-state index < -0.39 is 0 Å². The molecule has 0 atom stereocenters. The van der Waals surface area contributed by atoms with Crippen LogP contribution in [0.25, 0.3) is 0 Å². The first kappa shape index (κ1) is 5.34. The van der Waals surface area contributed by atoms with E-state index in [4.69, 9.17) is 0 Å². The summed E-state index contributed by atoms with van der Waals surface area (Å²) in [5.74, 6) is 1.11.